The second kappa shape index (κ2) is 3.64. The van der Waals surface area contributed by atoms with Gasteiger partial charge in [-0.3, -0.25) is 4.79 Å². The summed E-state index contributed by atoms with van der Waals surface area (Å²) in [6, 6.07) is 0. The molecule has 0 saturated heterocycles. The first-order valence-corrected chi connectivity index (χ1v) is 3.40. The van der Waals surface area contributed by atoms with Gasteiger partial charge in [0.05, 0.1) is 7.11 Å². The van der Waals surface area contributed by atoms with E-state index in [1.807, 2.05) is 0 Å². The lowest BCUT2D eigenvalue weighted by Gasteiger charge is -1.96. The summed E-state index contributed by atoms with van der Waals surface area (Å²) in [6.45, 7) is 0. The van der Waals surface area contributed by atoms with Crippen LogP contribution in [0.15, 0.2) is 4.52 Å². The van der Waals surface area contributed by atoms with Crippen LogP contribution in [-0.4, -0.2) is 23.2 Å². The molecule has 0 atom stereocenters. The number of ether oxygens (including phenoxy) is 1. The van der Waals surface area contributed by atoms with Gasteiger partial charge in [-0.15, -0.1) is 0 Å². The van der Waals surface area contributed by atoms with E-state index in [2.05, 4.69) is 19.4 Å². The molecule has 1 aromatic rings. The zero-order valence-corrected chi connectivity index (χ0v) is 6.96. The minimum atomic E-state index is -4.67. The van der Waals surface area contributed by atoms with Crippen LogP contribution >= 0.6 is 0 Å². The van der Waals surface area contributed by atoms with Gasteiger partial charge in [0, 0.05) is 0 Å². The number of hydrogen-bond acceptors (Lipinski definition) is 5. The lowest BCUT2D eigenvalue weighted by Crippen LogP contribution is -2.08. The zero-order valence-electron chi connectivity index (χ0n) is 6.96. The van der Waals surface area contributed by atoms with Gasteiger partial charge in [0.25, 0.3) is 5.82 Å². The highest BCUT2D eigenvalue weighted by molar-refractivity contribution is 5.70. The highest BCUT2D eigenvalue weighted by atomic mass is 19.4. The van der Waals surface area contributed by atoms with E-state index in [9.17, 15) is 18.0 Å². The minimum Gasteiger partial charge on any atom is -0.469 e. The number of aromatic nitrogens is 2. The maximum Gasteiger partial charge on any atom is 0.455 e. The van der Waals surface area contributed by atoms with Crippen molar-refractivity contribution in [3.8, 4) is 0 Å². The summed E-state index contributed by atoms with van der Waals surface area (Å²) in [5.74, 6) is -2.58. The summed E-state index contributed by atoms with van der Waals surface area (Å²) in [7, 11) is 1.10. The van der Waals surface area contributed by atoms with E-state index < -0.39 is 30.3 Å². The topological polar surface area (TPSA) is 65.2 Å². The maximum atomic E-state index is 11.9. The van der Waals surface area contributed by atoms with Crippen LogP contribution in [0.4, 0.5) is 13.2 Å². The molecule has 14 heavy (non-hydrogen) atoms. The molecule has 0 aromatic carbocycles. The Hall–Kier alpha value is -1.60. The third-order valence-electron chi connectivity index (χ3n) is 1.24. The zero-order chi connectivity index (χ0) is 10.8. The summed E-state index contributed by atoms with van der Waals surface area (Å²) in [6.07, 6.45) is -5.14. The van der Waals surface area contributed by atoms with E-state index in [0.29, 0.717) is 0 Å². The quantitative estimate of drug-likeness (QED) is 0.675. The van der Waals surface area contributed by atoms with Crippen LogP contribution < -0.4 is 0 Å². The van der Waals surface area contributed by atoms with Gasteiger partial charge in [-0.2, -0.15) is 18.2 Å². The number of rotatable bonds is 2. The minimum absolute atomic E-state index is 0.427. The van der Waals surface area contributed by atoms with Crippen LogP contribution in [0.1, 0.15) is 11.7 Å². The predicted octanol–water partition coefficient (Wildman–Crippen LogP) is 0.804. The molecule has 0 amide bonds. The Labute approximate surface area is 75.8 Å². The van der Waals surface area contributed by atoms with Crippen LogP contribution in [-0.2, 0) is 22.1 Å². The molecule has 0 aliphatic heterocycles. The van der Waals surface area contributed by atoms with Gasteiger partial charge >= 0.3 is 12.1 Å². The molecule has 5 nitrogen and oxygen atoms in total. The molecule has 0 radical (unpaired) electrons. The third kappa shape index (κ3) is 2.44. The van der Waals surface area contributed by atoms with Crippen molar-refractivity contribution >= 4 is 5.97 Å². The van der Waals surface area contributed by atoms with Gasteiger partial charge in [-0.25, -0.2) is 0 Å². The Morgan fingerprint density at radius 3 is 2.64 bits per heavy atom. The lowest BCUT2D eigenvalue weighted by molar-refractivity contribution is -0.146. The van der Waals surface area contributed by atoms with Gasteiger partial charge in [0.2, 0.25) is 5.89 Å². The van der Waals surface area contributed by atoms with E-state index in [0.717, 1.165) is 7.11 Å². The molecule has 78 valence electrons. The summed E-state index contributed by atoms with van der Waals surface area (Å²) >= 11 is 0. The monoisotopic (exact) mass is 210 g/mol. The number of methoxy groups -OCH3 is 1. The van der Waals surface area contributed by atoms with Gasteiger partial charge < -0.3 is 9.26 Å². The van der Waals surface area contributed by atoms with Gasteiger partial charge in [-0.1, -0.05) is 5.16 Å². The maximum absolute atomic E-state index is 11.9. The van der Waals surface area contributed by atoms with Gasteiger partial charge in [0.1, 0.15) is 6.42 Å². The molecule has 0 spiro atoms. The molecule has 0 saturated carbocycles. The first kappa shape index (κ1) is 10.5. The average molecular weight is 210 g/mol. The fourth-order valence-corrected chi connectivity index (χ4v) is 0.637. The van der Waals surface area contributed by atoms with E-state index in [4.69, 9.17) is 0 Å². The summed E-state index contributed by atoms with van der Waals surface area (Å²) in [5, 5.41) is 2.66. The fraction of sp³-hybridized carbons (Fsp3) is 0.500. The smallest absolute Gasteiger partial charge is 0.455 e. The Balaban J connectivity index is 2.74. The normalized spacial score (nSPS) is 11.4. The number of alkyl halides is 3. The number of carbonyl (C=O) groups is 1. The molecule has 0 fully saturated rings. The van der Waals surface area contributed by atoms with Crippen LogP contribution in [0.3, 0.4) is 0 Å². The Morgan fingerprint density at radius 2 is 2.21 bits per heavy atom. The van der Waals surface area contributed by atoms with Gasteiger partial charge in [-0.05, 0) is 0 Å². The van der Waals surface area contributed by atoms with Gasteiger partial charge in [0.15, 0.2) is 0 Å². The molecule has 0 aliphatic rings. The van der Waals surface area contributed by atoms with E-state index >= 15 is 0 Å². The fourth-order valence-electron chi connectivity index (χ4n) is 0.637. The highest BCUT2D eigenvalue weighted by Gasteiger charge is 2.37. The van der Waals surface area contributed by atoms with Crippen molar-refractivity contribution in [3.05, 3.63) is 11.7 Å². The average Bonchev–Trinajstić information content (AvgIpc) is 2.51. The Bertz CT molecular complexity index is 333. The van der Waals surface area contributed by atoms with Crippen molar-refractivity contribution in [1.82, 2.24) is 10.1 Å². The molecule has 1 aromatic heterocycles. The van der Waals surface area contributed by atoms with Crippen molar-refractivity contribution in [1.29, 1.82) is 0 Å². The molecule has 8 heteroatoms. The van der Waals surface area contributed by atoms with E-state index in [-0.39, 0.29) is 0 Å². The van der Waals surface area contributed by atoms with Crippen LogP contribution in [0.2, 0.25) is 0 Å². The Kier molecular flexibility index (Phi) is 2.73. The predicted molar refractivity (Wildman–Crippen MR) is 35.0 cm³/mol. The Morgan fingerprint density at radius 1 is 1.57 bits per heavy atom. The molecule has 0 bridgehead atoms. The number of nitrogens with zero attached hydrogens (tertiary/aromatic N) is 2. The lowest BCUT2D eigenvalue weighted by atomic mass is 10.4. The first-order chi connectivity index (χ1) is 6.43. The number of carbonyl (C=O) groups excluding carboxylic acids is 1. The van der Waals surface area contributed by atoms with Crippen molar-refractivity contribution in [2.75, 3.05) is 7.11 Å². The number of esters is 1. The van der Waals surface area contributed by atoms with E-state index in [1.54, 1.807) is 0 Å². The van der Waals surface area contributed by atoms with Crippen LogP contribution in [0.5, 0.6) is 0 Å². The standard InChI is InChI=1S/C6H5F3N2O3/c1-13-4(12)2-3-10-5(11-14-3)6(7,8)9/h2H2,1H3. The SMILES string of the molecule is COC(=O)Cc1nc(C(F)(F)F)no1. The van der Waals surface area contributed by atoms with Crippen LogP contribution in [0.25, 0.3) is 0 Å². The molecule has 0 N–H and O–H groups in total. The first-order valence-electron chi connectivity index (χ1n) is 3.40. The third-order valence-corrected chi connectivity index (χ3v) is 1.24. The molecule has 1 heterocycles. The second-order valence-electron chi connectivity index (χ2n) is 2.26. The van der Waals surface area contributed by atoms with Crippen molar-refractivity contribution in [3.63, 3.8) is 0 Å². The van der Waals surface area contributed by atoms with Crippen molar-refractivity contribution in [2.45, 2.75) is 12.6 Å². The molecule has 1 rings (SSSR count). The molecule has 0 unspecified atom stereocenters. The summed E-state index contributed by atoms with van der Waals surface area (Å²) < 4.78 is 44.1. The second-order valence-corrected chi connectivity index (χ2v) is 2.26. The highest BCUT2D eigenvalue weighted by Crippen LogP contribution is 2.26. The van der Waals surface area contributed by atoms with Crippen molar-refractivity contribution in [2.24, 2.45) is 0 Å². The summed E-state index contributed by atoms with van der Waals surface area (Å²) in [4.78, 5) is 13.6. The molecule has 0 aliphatic carbocycles. The number of hydrogen-bond donors (Lipinski definition) is 0. The largest absolute Gasteiger partial charge is 0.469 e. The molecular weight excluding hydrogens is 205 g/mol. The van der Waals surface area contributed by atoms with Crippen LogP contribution in [0, 0.1) is 0 Å². The molecular formula is C6H5F3N2O3. The van der Waals surface area contributed by atoms with Crippen molar-refractivity contribution < 1.29 is 27.2 Å². The number of halogens is 3. The summed E-state index contributed by atoms with van der Waals surface area (Å²) in [5.41, 5.74) is 0. The van der Waals surface area contributed by atoms with E-state index in [1.165, 1.54) is 0 Å².